The zero-order valence-corrected chi connectivity index (χ0v) is 12.0. The summed E-state index contributed by atoms with van der Waals surface area (Å²) in [7, 11) is 0. The van der Waals surface area contributed by atoms with Gasteiger partial charge < -0.3 is 4.90 Å². The van der Waals surface area contributed by atoms with Gasteiger partial charge in [0, 0.05) is 13.1 Å². The molecule has 0 N–H and O–H groups in total. The quantitative estimate of drug-likeness (QED) is 0.798. The van der Waals surface area contributed by atoms with E-state index >= 15 is 0 Å². The first kappa shape index (κ1) is 14.5. The van der Waals surface area contributed by atoms with Gasteiger partial charge in [0.05, 0.1) is 0 Å². The van der Waals surface area contributed by atoms with Crippen LogP contribution in [0.3, 0.4) is 0 Å². The molecule has 0 aromatic carbocycles. The van der Waals surface area contributed by atoms with Gasteiger partial charge in [0.1, 0.15) is 0 Å². The zero-order valence-electron chi connectivity index (χ0n) is 10.5. The Morgan fingerprint density at radius 3 is 2.29 bits per heavy atom. The van der Waals surface area contributed by atoms with Crippen molar-refractivity contribution >= 4 is 29.0 Å². The van der Waals surface area contributed by atoms with E-state index in [1.165, 1.54) is 0 Å². The van der Waals surface area contributed by atoms with Crippen LogP contribution >= 0.6 is 23.2 Å². The normalized spacial score (nSPS) is 10.9. The lowest BCUT2D eigenvalue weighted by atomic mass is 10.0. The molecule has 6 heteroatoms. The molecule has 0 saturated heterocycles. The van der Waals surface area contributed by atoms with E-state index in [9.17, 15) is 0 Å². The van der Waals surface area contributed by atoms with Gasteiger partial charge in [0.15, 0.2) is 11.0 Å². The van der Waals surface area contributed by atoms with E-state index in [0.717, 1.165) is 25.9 Å². The molecule has 0 atom stereocenters. The van der Waals surface area contributed by atoms with Crippen molar-refractivity contribution in [1.29, 1.82) is 0 Å². The summed E-state index contributed by atoms with van der Waals surface area (Å²) in [5.74, 6) is 1.25. The van der Waals surface area contributed by atoms with Crippen molar-refractivity contribution in [3.05, 3.63) is 10.4 Å². The molecule has 0 fully saturated rings. The summed E-state index contributed by atoms with van der Waals surface area (Å²) in [5.41, 5.74) is 0. The minimum Gasteiger partial charge on any atom is -0.354 e. The number of aromatic nitrogens is 3. The summed E-state index contributed by atoms with van der Waals surface area (Å²) < 4.78 is 0. The average Bonchev–Trinajstić information content (AvgIpc) is 2.34. The second-order valence-corrected chi connectivity index (χ2v) is 4.61. The van der Waals surface area contributed by atoms with Gasteiger partial charge in [-0.15, -0.1) is 10.2 Å². The molecule has 0 saturated carbocycles. The first-order valence-electron chi connectivity index (χ1n) is 5.92. The Morgan fingerprint density at radius 1 is 1.12 bits per heavy atom. The molecule has 0 aliphatic rings. The maximum Gasteiger partial charge on any atom is 0.245 e. The maximum absolute atomic E-state index is 6.00. The summed E-state index contributed by atoms with van der Waals surface area (Å²) in [6, 6.07) is 0. The molecule has 0 spiro atoms. The summed E-state index contributed by atoms with van der Waals surface area (Å²) >= 11 is 11.8. The van der Waals surface area contributed by atoms with Crippen LogP contribution in [0.5, 0.6) is 0 Å². The molecular formula is C11H18Cl2N4. The van der Waals surface area contributed by atoms with Gasteiger partial charge in [-0.2, -0.15) is 4.98 Å². The molecule has 1 rings (SSSR count). The highest BCUT2D eigenvalue weighted by molar-refractivity contribution is 6.32. The summed E-state index contributed by atoms with van der Waals surface area (Å²) in [4.78, 5) is 6.25. The second kappa shape index (κ2) is 6.97. The SMILES string of the molecule is CCC(CC)CN(CC)c1nc(Cl)nnc1Cl. The van der Waals surface area contributed by atoms with E-state index in [1.807, 2.05) is 0 Å². The zero-order chi connectivity index (χ0) is 12.8. The monoisotopic (exact) mass is 276 g/mol. The van der Waals surface area contributed by atoms with Crippen molar-refractivity contribution in [2.45, 2.75) is 33.6 Å². The topological polar surface area (TPSA) is 41.9 Å². The Kier molecular flexibility index (Phi) is 5.92. The Bertz CT molecular complexity index is 355. The first-order valence-corrected chi connectivity index (χ1v) is 6.68. The Morgan fingerprint density at radius 2 is 1.76 bits per heavy atom. The van der Waals surface area contributed by atoms with Gasteiger partial charge >= 0.3 is 0 Å². The molecule has 0 aliphatic carbocycles. The van der Waals surface area contributed by atoms with Crippen molar-refractivity contribution in [3.63, 3.8) is 0 Å². The average molecular weight is 277 g/mol. The fraction of sp³-hybridized carbons (Fsp3) is 0.727. The van der Waals surface area contributed by atoms with Crippen LogP contribution in [0, 0.1) is 5.92 Å². The largest absolute Gasteiger partial charge is 0.354 e. The highest BCUT2D eigenvalue weighted by atomic mass is 35.5. The Balaban J connectivity index is 2.89. The molecule has 1 heterocycles. The van der Waals surface area contributed by atoms with Crippen molar-refractivity contribution in [1.82, 2.24) is 15.2 Å². The summed E-state index contributed by atoms with van der Waals surface area (Å²) in [5, 5.41) is 7.85. The molecule has 1 aromatic rings. The van der Waals surface area contributed by atoms with E-state index in [4.69, 9.17) is 23.2 Å². The van der Waals surface area contributed by atoms with E-state index in [1.54, 1.807) is 0 Å². The number of rotatable bonds is 6. The lowest BCUT2D eigenvalue weighted by Crippen LogP contribution is -2.30. The fourth-order valence-corrected chi connectivity index (χ4v) is 2.03. The molecule has 0 bridgehead atoms. The van der Waals surface area contributed by atoms with E-state index in [2.05, 4.69) is 40.9 Å². The fourth-order valence-electron chi connectivity index (χ4n) is 1.71. The molecule has 1 aromatic heterocycles. The lowest BCUT2D eigenvalue weighted by Gasteiger charge is -2.26. The minimum absolute atomic E-state index is 0.132. The van der Waals surface area contributed by atoms with E-state index in [0.29, 0.717) is 16.9 Å². The second-order valence-electron chi connectivity index (χ2n) is 3.92. The number of hydrogen-bond donors (Lipinski definition) is 0. The molecule has 0 aliphatic heterocycles. The molecule has 96 valence electrons. The van der Waals surface area contributed by atoms with Crippen molar-refractivity contribution in [3.8, 4) is 0 Å². The molecule has 4 nitrogen and oxygen atoms in total. The van der Waals surface area contributed by atoms with Gasteiger partial charge in [-0.25, -0.2) is 0 Å². The standard InChI is InChI=1S/C11H18Cl2N4/c1-4-8(5-2)7-17(6-3)10-9(12)15-16-11(13)14-10/h8H,4-7H2,1-3H3. The molecule has 0 radical (unpaired) electrons. The van der Waals surface area contributed by atoms with Crippen LogP contribution in [0.1, 0.15) is 33.6 Å². The Hall–Kier alpha value is -0.610. The molecule has 17 heavy (non-hydrogen) atoms. The van der Waals surface area contributed by atoms with Crippen LogP contribution in [0.25, 0.3) is 0 Å². The van der Waals surface area contributed by atoms with Gasteiger partial charge in [-0.1, -0.05) is 38.3 Å². The number of hydrogen-bond acceptors (Lipinski definition) is 4. The third-order valence-electron chi connectivity index (χ3n) is 2.92. The van der Waals surface area contributed by atoms with Gasteiger partial charge in [0.25, 0.3) is 0 Å². The highest BCUT2D eigenvalue weighted by Crippen LogP contribution is 2.23. The van der Waals surface area contributed by atoms with Crippen molar-refractivity contribution in [2.75, 3.05) is 18.0 Å². The summed E-state index contributed by atoms with van der Waals surface area (Å²) in [6.45, 7) is 8.18. The van der Waals surface area contributed by atoms with Crippen molar-refractivity contribution in [2.24, 2.45) is 5.92 Å². The smallest absolute Gasteiger partial charge is 0.245 e. The highest BCUT2D eigenvalue weighted by Gasteiger charge is 2.16. The summed E-state index contributed by atoms with van der Waals surface area (Å²) in [6.07, 6.45) is 2.27. The van der Waals surface area contributed by atoms with Crippen LogP contribution in [0.15, 0.2) is 0 Å². The minimum atomic E-state index is 0.132. The predicted octanol–water partition coefficient (Wildman–Crippen LogP) is 3.44. The first-order chi connectivity index (χ1) is 8.12. The molecule has 0 amide bonds. The Labute approximate surface area is 112 Å². The van der Waals surface area contributed by atoms with Crippen LogP contribution in [0.4, 0.5) is 5.82 Å². The van der Waals surface area contributed by atoms with Gasteiger partial charge in [-0.05, 0) is 24.4 Å². The van der Waals surface area contributed by atoms with E-state index < -0.39 is 0 Å². The number of anilines is 1. The van der Waals surface area contributed by atoms with Crippen LogP contribution in [-0.2, 0) is 0 Å². The van der Waals surface area contributed by atoms with Crippen LogP contribution in [-0.4, -0.2) is 28.3 Å². The van der Waals surface area contributed by atoms with Crippen molar-refractivity contribution < 1.29 is 0 Å². The molecular weight excluding hydrogens is 259 g/mol. The lowest BCUT2D eigenvalue weighted by molar-refractivity contribution is 0.484. The third kappa shape index (κ3) is 3.96. The van der Waals surface area contributed by atoms with Crippen LogP contribution in [0.2, 0.25) is 10.4 Å². The third-order valence-corrected chi connectivity index (χ3v) is 3.32. The number of halogens is 2. The maximum atomic E-state index is 6.00. The van der Waals surface area contributed by atoms with Crippen LogP contribution < -0.4 is 4.90 Å². The van der Waals surface area contributed by atoms with Gasteiger partial charge in [-0.3, -0.25) is 0 Å². The van der Waals surface area contributed by atoms with E-state index in [-0.39, 0.29) is 5.28 Å². The molecule has 0 unspecified atom stereocenters. The predicted molar refractivity (Wildman–Crippen MR) is 71.8 cm³/mol. The van der Waals surface area contributed by atoms with Gasteiger partial charge in [0.2, 0.25) is 5.28 Å². The number of nitrogens with zero attached hydrogens (tertiary/aromatic N) is 4.